The molecule has 1 amide bonds. The van der Waals surface area contributed by atoms with E-state index >= 15 is 0 Å². The zero-order valence-electron chi connectivity index (χ0n) is 30.6. The average Bonchev–Trinajstić information content (AvgIpc) is 3.68. The van der Waals surface area contributed by atoms with E-state index in [9.17, 15) is 53.7 Å². The van der Waals surface area contributed by atoms with Gasteiger partial charge in [-0.2, -0.15) is 26.6 Å². The number of carbonyl (C=O) groups excluding carboxylic acids is 1. The Kier molecular flexibility index (Phi) is 17.7. The summed E-state index contributed by atoms with van der Waals surface area (Å²) in [5.74, 6) is -2.31. The number of hydrogen-bond donors (Lipinski definition) is 4. The molecule has 0 fully saturated rings. The second kappa shape index (κ2) is 20.6. The molecule has 17 nitrogen and oxygen atoms in total. The van der Waals surface area contributed by atoms with Crippen molar-refractivity contribution in [2.24, 2.45) is 5.73 Å². The highest BCUT2D eigenvalue weighted by Gasteiger charge is 2.36. The maximum Gasteiger partial charge on any atom is 0.445 e. The highest BCUT2D eigenvalue weighted by atomic mass is 35.5. The molecule has 322 valence electrons. The number of aliphatic carboxylic acids is 1. The lowest BCUT2D eigenvalue weighted by Gasteiger charge is -2.26. The summed E-state index contributed by atoms with van der Waals surface area (Å²) in [5.41, 5.74) is 4.27. The summed E-state index contributed by atoms with van der Waals surface area (Å²) in [5, 5.41) is 16.6. The average molecular weight is 932 g/mol. The zero-order valence-corrected chi connectivity index (χ0v) is 34.7. The zero-order chi connectivity index (χ0) is 44.5. The van der Waals surface area contributed by atoms with Crippen molar-refractivity contribution in [3.63, 3.8) is 0 Å². The molecule has 0 radical (unpaired) electrons. The number of aryl methyl sites for hydroxylation is 1. The first-order valence-corrected chi connectivity index (χ1v) is 21.6. The number of anilines is 2. The van der Waals surface area contributed by atoms with Crippen LogP contribution >= 0.6 is 41.9 Å². The molecule has 28 heteroatoms. The van der Waals surface area contributed by atoms with Gasteiger partial charge in [-0.15, -0.1) is 10.2 Å². The van der Waals surface area contributed by atoms with Gasteiger partial charge in [0.1, 0.15) is 17.7 Å². The Morgan fingerprint density at radius 3 is 2.16 bits per heavy atom. The summed E-state index contributed by atoms with van der Waals surface area (Å²) in [7, 11) is -6.75. The summed E-state index contributed by atoms with van der Waals surface area (Å²) in [6.07, 6.45) is -3.71. The predicted octanol–water partition coefficient (Wildman–Crippen LogP) is 5.62. The number of carboxylic acids is 1. The Bertz CT molecular complexity index is 2270. The van der Waals surface area contributed by atoms with Gasteiger partial charge in [0.25, 0.3) is 11.1 Å². The van der Waals surface area contributed by atoms with E-state index in [1.807, 2.05) is 0 Å². The fraction of sp³-hybridized carbons (Fsp3) is 0.400. The molecule has 0 bridgehead atoms. The van der Waals surface area contributed by atoms with E-state index in [2.05, 4.69) is 20.0 Å². The van der Waals surface area contributed by atoms with Crippen LogP contribution in [0.5, 0.6) is 5.19 Å². The minimum Gasteiger partial charge on any atom is -0.480 e. The van der Waals surface area contributed by atoms with Gasteiger partial charge in [0.2, 0.25) is 15.0 Å². The van der Waals surface area contributed by atoms with Gasteiger partial charge in [0.15, 0.2) is 14.0 Å². The van der Waals surface area contributed by atoms with Crippen LogP contribution in [0.15, 0.2) is 41.2 Å². The van der Waals surface area contributed by atoms with Crippen molar-refractivity contribution < 1.29 is 63.7 Å². The van der Waals surface area contributed by atoms with Gasteiger partial charge in [-0.1, -0.05) is 39.6 Å². The Hall–Kier alpha value is -4.26. The van der Waals surface area contributed by atoms with Crippen LogP contribution in [0.3, 0.4) is 0 Å². The fourth-order valence-electron chi connectivity index (χ4n) is 4.25. The summed E-state index contributed by atoms with van der Waals surface area (Å²) >= 11 is 12.0. The number of aromatic nitrogens is 5. The monoisotopic (exact) mass is 930 g/mol. The lowest BCUT2D eigenvalue weighted by molar-refractivity contribution is -0.139. The Labute approximate surface area is 339 Å². The van der Waals surface area contributed by atoms with Gasteiger partial charge in [-0.25, -0.2) is 22.2 Å². The number of sulfonamides is 1. The molecule has 2 heterocycles. The smallest absolute Gasteiger partial charge is 0.445 e. The third kappa shape index (κ3) is 15.5. The van der Waals surface area contributed by atoms with Gasteiger partial charge >= 0.3 is 24.4 Å². The SMILES string of the molecule is CC(C)N(C(=O)COc1nnc(C(F)(F)F)s1)c1ccc(F)cc1.CP(=O)(O)CCC(N)C(=O)O.Cc1nn(-c2cc(NS(C)(=O)=O)c(Cl)cc2Cl)c(=O)n1C(F)F. The largest absolute Gasteiger partial charge is 0.480 e. The highest BCUT2D eigenvalue weighted by Crippen LogP contribution is 2.36. The lowest BCUT2D eigenvalue weighted by Crippen LogP contribution is -2.40. The van der Waals surface area contributed by atoms with Crippen molar-refractivity contribution in [3.05, 3.63) is 73.6 Å². The topological polar surface area (TPSA) is 242 Å². The number of halogens is 8. The lowest BCUT2D eigenvalue weighted by atomic mass is 10.2. The van der Waals surface area contributed by atoms with E-state index in [1.54, 1.807) is 13.8 Å². The van der Waals surface area contributed by atoms with Crippen molar-refractivity contribution in [1.82, 2.24) is 24.5 Å². The molecule has 0 aliphatic rings. The number of ether oxygens (including phenoxy) is 1. The van der Waals surface area contributed by atoms with Crippen LogP contribution in [0.2, 0.25) is 10.0 Å². The molecular weight excluding hydrogens is 896 g/mol. The Morgan fingerprint density at radius 1 is 1.12 bits per heavy atom. The first kappa shape index (κ1) is 49.9. The number of benzene rings is 2. The van der Waals surface area contributed by atoms with Crippen molar-refractivity contribution in [2.45, 2.75) is 52.0 Å². The van der Waals surface area contributed by atoms with E-state index in [-0.39, 0.29) is 67.0 Å². The molecule has 2 aromatic heterocycles. The van der Waals surface area contributed by atoms with Gasteiger partial charge in [0.05, 0.1) is 27.7 Å². The molecule has 0 saturated heterocycles. The molecule has 2 atom stereocenters. The van der Waals surface area contributed by atoms with Crippen molar-refractivity contribution in [1.29, 1.82) is 0 Å². The van der Waals surface area contributed by atoms with Crippen LogP contribution < -0.4 is 25.8 Å². The number of nitrogens with zero attached hydrogens (tertiary/aromatic N) is 6. The number of rotatable bonds is 13. The highest BCUT2D eigenvalue weighted by molar-refractivity contribution is 7.92. The summed E-state index contributed by atoms with van der Waals surface area (Å²) < 4.78 is 117. The summed E-state index contributed by atoms with van der Waals surface area (Å²) in [6.45, 7) is 2.31. The summed E-state index contributed by atoms with van der Waals surface area (Å²) in [4.78, 5) is 44.5. The van der Waals surface area contributed by atoms with E-state index in [4.69, 9.17) is 43.7 Å². The standard InChI is InChI=1S/C14H13F4N3O2S.C11H10Cl2F2N4O3S.C5H12NO4P/c1-8(2)21(10-5-3-9(15)4-6-10)11(22)7-23-13-20-19-12(24-13)14(16,17)18;1-5-16-19(11(20)18(5)10(14)15)9-4-8(17-23(2,21)22)6(12)3-7(9)13;1-11(9,10)3-2-4(6)5(7)8/h3-6,8H,7H2,1-2H3;3-4,10,17H,1-2H3;4H,2-3,6H2,1H3,(H,7,8)(H,9,10). The van der Waals surface area contributed by atoms with Crippen LogP contribution in [0.25, 0.3) is 5.69 Å². The van der Waals surface area contributed by atoms with Crippen molar-refractivity contribution in [3.8, 4) is 10.9 Å². The number of nitrogens with one attached hydrogen (secondary N) is 1. The second-order valence-corrected chi connectivity index (χ2v) is 18.1. The molecule has 58 heavy (non-hydrogen) atoms. The third-order valence-corrected chi connectivity index (χ3v) is 9.94. The van der Waals surface area contributed by atoms with Crippen molar-refractivity contribution >= 4 is 75.2 Å². The molecule has 0 saturated carbocycles. The molecule has 0 spiro atoms. The molecular formula is C30H35Cl2F6N8O9PS2. The fourth-order valence-corrected chi connectivity index (χ4v) is 6.70. The molecule has 4 aromatic rings. The maximum absolute atomic E-state index is 13.0. The third-order valence-electron chi connectivity index (χ3n) is 6.77. The number of carbonyl (C=O) groups is 2. The molecule has 5 N–H and O–H groups in total. The van der Waals surface area contributed by atoms with Crippen LogP contribution in [-0.4, -0.2) is 92.6 Å². The minimum atomic E-state index is -4.61. The van der Waals surface area contributed by atoms with Gasteiger partial charge < -0.3 is 25.4 Å². The first-order valence-electron chi connectivity index (χ1n) is 15.8. The van der Waals surface area contributed by atoms with E-state index in [0.717, 1.165) is 12.3 Å². The predicted molar refractivity (Wildman–Crippen MR) is 203 cm³/mol. The van der Waals surface area contributed by atoms with Crippen LogP contribution in [-0.2, 0) is 30.4 Å². The number of nitrogens with two attached hydrogens (primary N) is 1. The minimum absolute atomic E-state index is 0.0257. The summed E-state index contributed by atoms with van der Waals surface area (Å²) in [6, 6.07) is 6.30. The second-order valence-electron chi connectivity index (χ2n) is 12.0. The van der Waals surface area contributed by atoms with E-state index < -0.39 is 71.2 Å². The molecule has 2 aromatic carbocycles. The first-order chi connectivity index (χ1) is 26.5. The normalized spacial score (nSPS) is 13.1. The Morgan fingerprint density at radius 2 is 1.71 bits per heavy atom. The molecule has 4 rings (SSSR count). The van der Waals surface area contributed by atoms with Gasteiger partial charge in [0, 0.05) is 24.6 Å². The molecule has 0 aliphatic heterocycles. The maximum atomic E-state index is 13.0. The Balaban J connectivity index is 0.000000321. The van der Waals surface area contributed by atoms with Crippen LogP contribution in [0.4, 0.5) is 37.7 Å². The number of hydrogen-bond acceptors (Lipinski definition) is 12. The van der Waals surface area contributed by atoms with Crippen LogP contribution in [0.1, 0.15) is 37.6 Å². The molecule has 0 aliphatic carbocycles. The van der Waals surface area contributed by atoms with Crippen molar-refractivity contribution in [2.75, 3.05) is 35.3 Å². The van der Waals surface area contributed by atoms with E-state index in [0.29, 0.717) is 10.4 Å². The number of carboxylic acid groups (broad SMARTS) is 1. The molecule has 2 unspecified atom stereocenters. The quantitative estimate of drug-likeness (QED) is 0.0941. The number of alkyl halides is 5. The number of amides is 1. The van der Waals surface area contributed by atoms with Gasteiger partial charge in [-0.3, -0.25) is 18.9 Å². The van der Waals surface area contributed by atoms with Crippen LogP contribution in [0, 0.1) is 12.7 Å². The van der Waals surface area contributed by atoms with Gasteiger partial charge in [-0.05, 0) is 63.6 Å². The van der Waals surface area contributed by atoms with E-state index in [1.165, 1.54) is 48.8 Å².